The van der Waals surface area contributed by atoms with Crippen LogP contribution in [0.5, 0.6) is 5.88 Å². The second-order valence-corrected chi connectivity index (χ2v) is 13.3. The van der Waals surface area contributed by atoms with Crippen molar-refractivity contribution < 1.29 is 35.9 Å². The number of amides is 1. The number of aliphatic imine (C=N–C) groups is 1. The van der Waals surface area contributed by atoms with Gasteiger partial charge in [-0.1, -0.05) is 6.07 Å². The van der Waals surface area contributed by atoms with Gasteiger partial charge in [-0.25, -0.2) is 36.4 Å². The number of benzene rings is 1. The van der Waals surface area contributed by atoms with Gasteiger partial charge in [0.05, 0.1) is 24.3 Å². The Morgan fingerprint density at radius 1 is 1.25 bits per heavy atom. The van der Waals surface area contributed by atoms with Crippen LogP contribution in [0.1, 0.15) is 64.3 Å². The fourth-order valence-electron chi connectivity index (χ4n) is 5.06. The van der Waals surface area contributed by atoms with Crippen LogP contribution in [0.15, 0.2) is 35.6 Å². The van der Waals surface area contributed by atoms with Gasteiger partial charge in [0.15, 0.2) is 20.4 Å². The van der Waals surface area contributed by atoms with Crippen LogP contribution in [0.4, 0.5) is 18.0 Å². The van der Waals surface area contributed by atoms with Crippen LogP contribution in [0.25, 0.3) is 11.9 Å². The lowest BCUT2D eigenvalue weighted by Crippen LogP contribution is -2.61. The lowest BCUT2D eigenvalue weighted by molar-refractivity contribution is 0.0560. The summed E-state index contributed by atoms with van der Waals surface area (Å²) in [4.78, 5) is 25.0. The van der Waals surface area contributed by atoms with E-state index >= 15 is 8.78 Å². The molecule has 0 saturated carbocycles. The maximum absolute atomic E-state index is 15.3. The van der Waals surface area contributed by atoms with E-state index in [1.54, 1.807) is 27.7 Å². The van der Waals surface area contributed by atoms with E-state index in [0.29, 0.717) is 6.61 Å². The number of alkyl halides is 1. The molecule has 1 aromatic heterocycles. The highest BCUT2D eigenvalue weighted by atomic mass is 32.2. The van der Waals surface area contributed by atoms with E-state index in [1.165, 1.54) is 31.5 Å². The van der Waals surface area contributed by atoms with E-state index in [0.717, 1.165) is 12.1 Å². The number of carbonyl (C=O) groups is 1. The summed E-state index contributed by atoms with van der Waals surface area (Å²) >= 11 is 0. The first-order chi connectivity index (χ1) is 18.7. The van der Waals surface area contributed by atoms with Crippen molar-refractivity contribution in [2.75, 3.05) is 13.3 Å². The van der Waals surface area contributed by atoms with E-state index < -0.39 is 61.2 Å². The summed E-state index contributed by atoms with van der Waals surface area (Å²) in [5, 5.41) is 1.04. The van der Waals surface area contributed by atoms with Gasteiger partial charge in [-0.15, -0.1) is 0 Å². The molecule has 2 aliphatic rings. The predicted octanol–water partition coefficient (Wildman–Crippen LogP) is 4.92. The van der Waals surface area contributed by atoms with Crippen molar-refractivity contribution in [1.82, 2.24) is 15.3 Å². The average molecular weight is 581 g/mol. The second-order valence-electron chi connectivity index (χ2n) is 10.8. The Hall–Kier alpha value is -3.48. The molecule has 13 heteroatoms. The van der Waals surface area contributed by atoms with Gasteiger partial charge < -0.3 is 9.47 Å². The molecule has 0 unspecified atom stereocenters. The van der Waals surface area contributed by atoms with Gasteiger partial charge in [-0.3, -0.25) is 10.3 Å². The Bertz CT molecular complexity index is 1470. The summed E-state index contributed by atoms with van der Waals surface area (Å²) in [6.07, 6.45) is 2.34. The number of nitrogens with zero attached hydrogens (tertiary/aromatic N) is 3. The van der Waals surface area contributed by atoms with Crippen LogP contribution in [-0.4, -0.2) is 59.2 Å². The molecule has 1 aromatic carbocycles. The highest BCUT2D eigenvalue weighted by molar-refractivity contribution is 7.94. The van der Waals surface area contributed by atoms with Crippen molar-refractivity contribution in [2.24, 2.45) is 4.99 Å². The zero-order valence-electron chi connectivity index (χ0n) is 22.8. The van der Waals surface area contributed by atoms with E-state index in [9.17, 15) is 17.6 Å². The third-order valence-electron chi connectivity index (χ3n) is 6.96. The zero-order valence-corrected chi connectivity index (χ0v) is 23.6. The zero-order chi connectivity index (χ0) is 29.5. The number of halogens is 3. The van der Waals surface area contributed by atoms with Gasteiger partial charge in [0.2, 0.25) is 5.88 Å². The maximum Gasteiger partial charge on any atom is 0.413 e. The summed E-state index contributed by atoms with van der Waals surface area (Å²) in [6, 6.07) is 3.66. The summed E-state index contributed by atoms with van der Waals surface area (Å²) in [5.41, 5.74) is -2.74. The molecule has 0 aliphatic carbocycles. The molecule has 4 rings (SSSR count). The molecule has 40 heavy (non-hydrogen) atoms. The fraction of sp³-hybridized carbons (Fsp3) is 0.481. The van der Waals surface area contributed by atoms with Crippen LogP contribution < -0.4 is 10.1 Å². The molecule has 1 fully saturated rings. The SMILES string of the molecule is CCOc1cnc(/C(F)=C/c2ccc(F)c([C@@]3(C)N=C(NC(=O)OC(C)(C)C)[C@@]4(CF)CC[C@@H]3S4(=O)=O)c2)cn1. The minimum Gasteiger partial charge on any atom is -0.477 e. The van der Waals surface area contributed by atoms with Crippen molar-refractivity contribution in [2.45, 2.75) is 68.6 Å². The van der Waals surface area contributed by atoms with Gasteiger partial charge in [0.1, 0.15) is 35.2 Å². The minimum absolute atomic E-state index is 0.0264. The number of rotatable bonds is 6. The van der Waals surface area contributed by atoms with Crippen LogP contribution in [0.2, 0.25) is 0 Å². The number of nitrogens with one attached hydrogen (secondary N) is 1. The van der Waals surface area contributed by atoms with Gasteiger partial charge in [-0.05, 0) is 71.2 Å². The molecule has 0 radical (unpaired) electrons. The first-order valence-corrected chi connectivity index (χ1v) is 14.2. The summed E-state index contributed by atoms with van der Waals surface area (Å²) < 4.78 is 80.6. The molecule has 3 heterocycles. The van der Waals surface area contributed by atoms with E-state index in [1.807, 2.05) is 0 Å². The number of aromatic nitrogens is 2. The fourth-order valence-corrected chi connectivity index (χ4v) is 7.74. The van der Waals surface area contributed by atoms with Crippen LogP contribution in [-0.2, 0) is 20.1 Å². The number of ether oxygens (including phenoxy) is 2. The van der Waals surface area contributed by atoms with Gasteiger partial charge >= 0.3 is 6.09 Å². The molecular formula is C27H31F3N4O5S. The first-order valence-electron chi connectivity index (χ1n) is 12.7. The molecule has 1 amide bonds. The molecule has 2 bridgehead atoms. The molecule has 0 spiro atoms. The molecule has 2 aliphatic heterocycles. The van der Waals surface area contributed by atoms with Gasteiger partial charge in [0.25, 0.3) is 0 Å². The van der Waals surface area contributed by atoms with Gasteiger partial charge in [0, 0.05) is 5.56 Å². The Morgan fingerprint density at radius 3 is 2.58 bits per heavy atom. The molecule has 3 atom stereocenters. The Labute approximate surface area is 230 Å². The van der Waals surface area contributed by atoms with E-state index in [2.05, 4.69) is 20.3 Å². The number of hydrogen-bond acceptors (Lipinski definition) is 8. The molecule has 1 N–H and O–H groups in total. The molecular weight excluding hydrogens is 549 g/mol. The van der Waals surface area contributed by atoms with Crippen molar-refractivity contribution in [3.63, 3.8) is 0 Å². The Morgan fingerprint density at radius 2 is 1.98 bits per heavy atom. The van der Waals surface area contributed by atoms with Crippen LogP contribution >= 0.6 is 0 Å². The third kappa shape index (κ3) is 5.18. The normalized spacial score (nSPS) is 25.8. The highest BCUT2D eigenvalue weighted by Crippen LogP contribution is 2.52. The smallest absolute Gasteiger partial charge is 0.413 e. The molecule has 1 saturated heterocycles. The second kappa shape index (κ2) is 10.5. The van der Waals surface area contributed by atoms with Crippen molar-refractivity contribution in [3.8, 4) is 5.88 Å². The van der Waals surface area contributed by atoms with Crippen molar-refractivity contribution >= 4 is 33.7 Å². The lowest BCUT2D eigenvalue weighted by Gasteiger charge is -2.40. The monoisotopic (exact) mass is 580 g/mol. The lowest BCUT2D eigenvalue weighted by atomic mass is 9.86. The number of carbonyl (C=O) groups excluding carboxylic acids is 1. The van der Waals surface area contributed by atoms with Gasteiger partial charge in [-0.2, -0.15) is 0 Å². The topological polar surface area (TPSA) is 120 Å². The molecule has 216 valence electrons. The quantitative estimate of drug-likeness (QED) is 0.515. The third-order valence-corrected chi connectivity index (χ3v) is 10.0. The van der Waals surface area contributed by atoms with E-state index in [-0.39, 0.29) is 35.5 Å². The minimum atomic E-state index is -4.30. The van der Waals surface area contributed by atoms with Crippen molar-refractivity contribution in [1.29, 1.82) is 0 Å². The largest absolute Gasteiger partial charge is 0.477 e. The van der Waals surface area contributed by atoms with Crippen LogP contribution in [0.3, 0.4) is 0 Å². The summed E-state index contributed by atoms with van der Waals surface area (Å²) in [5.74, 6) is -1.79. The highest BCUT2D eigenvalue weighted by Gasteiger charge is 2.66. The molecule has 9 nitrogen and oxygen atoms in total. The number of alkyl carbamates (subject to hydrolysis) is 1. The standard InChI is InChI=1S/C27H31F3N4O5S/c1-6-38-22-14-31-20(13-32-22)19(30)12-16-7-8-18(29)17(11-16)26(5)21-9-10-27(15-28,40(21,36)37)23(34-26)33-24(35)39-25(2,3)4/h7-8,11-14,21H,6,9-10,15H2,1-5H3,(H,33,34,35)/b19-12-/t21-,26+,27-/m0/s1. The average Bonchev–Trinajstić information content (AvgIpc) is 3.06. The molecule has 2 aromatic rings. The summed E-state index contributed by atoms with van der Waals surface area (Å²) in [7, 11) is -4.30. The Balaban J connectivity index is 1.78. The maximum atomic E-state index is 15.3. The van der Waals surface area contributed by atoms with E-state index in [4.69, 9.17) is 9.47 Å². The van der Waals surface area contributed by atoms with Crippen LogP contribution in [0, 0.1) is 5.82 Å². The number of sulfone groups is 1. The predicted molar refractivity (Wildman–Crippen MR) is 143 cm³/mol. The Kier molecular flexibility index (Phi) is 7.74. The van der Waals surface area contributed by atoms with Crippen molar-refractivity contribution in [3.05, 3.63) is 53.2 Å². The number of fused-ring (bicyclic) bond motifs is 2. The first kappa shape index (κ1) is 29.5. The number of hydrogen-bond donors (Lipinski definition) is 1. The summed E-state index contributed by atoms with van der Waals surface area (Å²) in [6.45, 7) is 7.04. The number of amidine groups is 1.